The Labute approximate surface area is 157 Å². The Bertz CT molecular complexity index is 1040. The van der Waals surface area contributed by atoms with Crippen LogP contribution in [-0.2, 0) is 13.0 Å². The Kier molecular flexibility index (Phi) is 3.74. The summed E-state index contributed by atoms with van der Waals surface area (Å²) in [5, 5.41) is 7.23. The third kappa shape index (κ3) is 2.70. The Morgan fingerprint density at radius 3 is 3.04 bits per heavy atom. The molecule has 3 aromatic rings. The number of rotatable bonds is 2. The Balaban J connectivity index is 1.45. The largest absolute Gasteiger partial charge is 0.488 e. The standard InChI is InChI=1S/C22H20N2O3/c1-13-9-10-19-16(11-13)21-17(12-26-19)20(24-27-21)22(25)23-18-8-4-6-14-5-2-3-7-15(14)18/h2-3,5,7,9-11,18H,4,6,8,12H2,1H3,(H,23,25)/t18-/m1/s1. The van der Waals surface area contributed by atoms with Crippen molar-refractivity contribution in [2.75, 3.05) is 0 Å². The van der Waals surface area contributed by atoms with Crippen molar-refractivity contribution in [1.82, 2.24) is 10.5 Å². The van der Waals surface area contributed by atoms with Crippen LogP contribution in [0.4, 0.5) is 0 Å². The number of fused-ring (bicyclic) bond motifs is 4. The molecule has 2 heterocycles. The van der Waals surface area contributed by atoms with Crippen LogP contribution in [0, 0.1) is 6.92 Å². The van der Waals surface area contributed by atoms with Gasteiger partial charge in [0.2, 0.25) is 0 Å². The first-order valence-electron chi connectivity index (χ1n) is 9.32. The summed E-state index contributed by atoms with van der Waals surface area (Å²) in [4.78, 5) is 12.9. The van der Waals surface area contributed by atoms with Gasteiger partial charge in [0.25, 0.3) is 5.91 Å². The van der Waals surface area contributed by atoms with E-state index in [2.05, 4.69) is 22.6 Å². The molecule has 0 fully saturated rings. The van der Waals surface area contributed by atoms with Gasteiger partial charge in [0, 0.05) is 0 Å². The number of carbonyl (C=O) groups is 1. The van der Waals surface area contributed by atoms with Crippen LogP contribution in [-0.4, -0.2) is 11.1 Å². The summed E-state index contributed by atoms with van der Waals surface area (Å²) in [5.41, 5.74) is 5.50. The molecule has 1 amide bonds. The Morgan fingerprint density at radius 1 is 1.22 bits per heavy atom. The minimum Gasteiger partial charge on any atom is -0.488 e. The maximum Gasteiger partial charge on any atom is 0.274 e. The van der Waals surface area contributed by atoms with Crippen LogP contribution in [0.25, 0.3) is 11.3 Å². The Morgan fingerprint density at radius 2 is 2.11 bits per heavy atom. The lowest BCUT2D eigenvalue weighted by Crippen LogP contribution is -2.32. The molecule has 136 valence electrons. The fourth-order valence-electron chi connectivity index (χ4n) is 4.06. The molecule has 1 atom stereocenters. The van der Waals surface area contributed by atoms with Gasteiger partial charge >= 0.3 is 0 Å². The van der Waals surface area contributed by atoms with Gasteiger partial charge in [0.1, 0.15) is 12.4 Å². The van der Waals surface area contributed by atoms with Crippen molar-refractivity contribution in [1.29, 1.82) is 0 Å². The molecule has 5 heteroatoms. The van der Waals surface area contributed by atoms with E-state index in [1.54, 1.807) is 0 Å². The fraction of sp³-hybridized carbons (Fsp3) is 0.273. The van der Waals surface area contributed by atoms with Crippen LogP contribution in [0.2, 0.25) is 0 Å². The van der Waals surface area contributed by atoms with Crippen LogP contribution in [0.3, 0.4) is 0 Å². The summed E-state index contributed by atoms with van der Waals surface area (Å²) in [6.45, 7) is 2.30. The van der Waals surface area contributed by atoms with E-state index >= 15 is 0 Å². The molecule has 5 nitrogen and oxygen atoms in total. The maximum atomic E-state index is 12.9. The summed E-state index contributed by atoms with van der Waals surface area (Å²) in [5.74, 6) is 1.19. The number of aromatic nitrogens is 1. The predicted molar refractivity (Wildman–Crippen MR) is 101 cm³/mol. The van der Waals surface area contributed by atoms with Crippen LogP contribution in [0.5, 0.6) is 5.75 Å². The lowest BCUT2D eigenvalue weighted by Gasteiger charge is -2.26. The molecule has 27 heavy (non-hydrogen) atoms. The number of aryl methyl sites for hydroxylation is 2. The smallest absolute Gasteiger partial charge is 0.274 e. The van der Waals surface area contributed by atoms with Crippen molar-refractivity contribution in [3.8, 4) is 17.1 Å². The van der Waals surface area contributed by atoms with E-state index in [9.17, 15) is 4.79 Å². The highest BCUT2D eigenvalue weighted by Gasteiger charge is 2.30. The third-order valence-electron chi connectivity index (χ3n) is 5.43. The highest BCUT2D eigenvalue weighted by atomic mass is 16.5. The molecule has 0 saturated heterocycles. The third-order valence-corrected chi connectivity index (χ3v) is 5.43. The highest BCUT2D eigenvalue weighted by Crippen LogP contribution is 2.39. The van der Waals surface area contributed by atoms with Crippen molar-refractivity contribution in [2.45, 2.75) is 38.8 Å². The molecule has 0 radical (unpaired) electrons. The molecule has 2 aliphatic rings. The zero-order chi connectivity index (χ0) is 18.4. The number of carbonyl (C=O) groups excluding carboxylic acids is 1. The van der Waals surface area contributed by atoms with Crippen molar-refractivity contribution >= 4 is 5.91 Å². The van der Waals surface area contributed by atoms with Crippen LogP contribution in [0.1, 0.15) is 51.6 Å². The van der Waals surface area contributed by atoms with Crippen LogP contribution in [0.15, 0.2) is 47.0 Å². The van der Waals surface area contributed by atoms with Gasteiger partial charge < -0.3 is 14.6 Å². The SMILES string of the molecule is Cc1ccc2c(c1)-c1onc(C(=O)N[C@@H]3CCCc4ccccc43)c1CO2. The zero-order valence-corrected chi connectivity index (χ0v) is 15.1. The molecule has 1 aliphatic heterocycles. The molecule has 1 aliphatic carbocycles. The molecule has 0 unspecified atom stereocenters. The van der Waals surface area contributed by atoms with Gasteiger partial charge in [-0.25, -0.2) is 0 Å². The number of hydrogen-bond donors (Lipinski definition) is 1. The second kappa shape index (κ2) is 6.27. The number of hydrogen-bond acceptors (Lipinski definition) is 4. The Hall–Kier alpha value is -3.08. The maximum absolute atomic E-state index is 12.9. The first-order chi connectivity index (χ1) is 13.2. The monoisotopic (exact) mass is 360 g/mol. The molecule has 1 aromatic heterocycles. The van der Waals surface area contributed by atoms with E-state index in [-0.39, 0.29) is 11.9 Å². The van der Waals surface area contributed by atoms with Gasteiger partial charge in [-0.1, -0.05) is 41.1 Å². The number of amides is 1. The second-order valence-corrected chi connectivity index (χ2v) is 7.24. The second-order valence-electron chi connectivity index (χ2n) is 7.24. The van der Waals surface area contributed by atoms with Gasteiger partial charge in [-0.05, 0) is 49.4 Å². The minimum absolute atomic E-state index is 0.00818. The lowest BCUT2D eigenvalue weighted by molar-refractivity contribution is 0.0921. The van der Waals surface area contributed by atoms with E-state index in [1.807, 2.05) is 37.3 Å². The van der Waals surface area contributed by atoms with Crippen molar-refractivity contribution in [2.24, 2.45) is 0 Å². The zero-order valence-electron chi connectivity index (χ0n) is 15.1. The summed E-state index contributed by atoms with van der Waals surface area (Å²) >= 11 is 0. The minimum atomic E-state index is -0.207. The average molecular weight is 360 g/mol. The molecule has 0 spiro atoms. The summed E-state index contributed by atoms with van der Waals surface area (Å²) in [6.07, 6.45) is 3.06. The highest BCUT2D eigenvalue weighted by molar-refractivity contribution is 5.96. The van der Waals surface area contributed by atoms with Crippen LogP contribution < -0.4 is 10.1 Å². The normalized spacial score (nSPS) is 17.3. The fourth-order valence-corrected chi connectivity index (χ4v) is 4.06. The molecule has 0 bridgehead atoms. The quantitative estimate of drug-likeness (QED) is 0.738. The average Bonchev–Trinajstić information content (AvgIpc) is 3.13. The molecule has 1 N–H and O–H groups in total. The van der Waals surface area contributed by atoms with E-state index in [0.717, 1.165) is 41.7 Å². The molecule has 0 saturated carbocycles. The van der Waals surface area contributed by atoms with Crippen molar-refractivity contribution in [3.05, 3.63) is 70.4 Å². The molecular formula is C22H20N2O3. The molecule has 2 aromatic carbocycles. The first kappa shape index (κ1) is 16.1. The number of benzene rings is 2. The van der Waals surface area contributed by atoms with Crippen molar-refractivity contribution < 1.29 is 14.1 Å². The summed E-state index contributed by atoms with van der Waals surface area (Å²) in [7, 11) is 0. The summed E-state index contributed by atoms with van der Waals surface area (Å²) < 4.78 is 11.4. The number of ether oxygens (including phenoxy) is 1. The van der Waals surface area contributed by atoms with E-state index in [1.165, 1.54) is 11.1 Å². The number of nitrogens with one attached hydrogen (secondary N) is 1. The molecular weight excluding hydrogens is 340 g/mol. The summed E-state index contributed by atoms with van der Waals surface area (Å²) in [6, 6.07) is 14.2. The van der Waals surface area contributed by atoms with E-state index in [4.69, 9.17) is 9.26 Å². The van der Waals surface area contributed by atoms with Crippen molar-refractivity contribution in [3.63, 3.8) is 0 Å². The van der Waals surface area contributed by atoms with Gasteiger partial charge in [-0.15, -0.1) is 0 Å². The van der Waals surface area contributed by atoms with Gasteiger partial charge in [-0.3, -0.25) is 4.79 Å². The molecule has 5 rings (SSSR count). The van der Waals surface area contributed by atoms with E-state index < -0.39 is 0 Å². The van der Waals surface area contributed by atoms with E-state index in [0.29, 0.717) is 18.1 Å². The van der Waals surface area contributed by atoms with Gasteiger partial charge in [0.15, 0.2) is 11.5 Å². The lowest BCUT2D eigenvalue weighted by atomic mass is 9.87. The van der Waals surface area contributed by atoms with Crippen LogP contribution >= 0.6 is 0 Å². The van der Waals surface area contributed by atoms with Gasteiger partial charge in [-0.2, -0.15) is 0 Å². The van der Waals surface area contributed by atoms with Gasteiger partial charge in [0.05, 0.1) is 17.2 Å². The first-order valence-corrected chi connectivity index (χ1v) is 9.32. The predicted octanol–water partition coefficient (Wildman–Crippen LogP) is 4.35. The number of nitrogens with zero attached hydrogens (tertiary/aromatic N) is 1. The topological polar surface area (TPSA) is 64.4 Å².